The van der Waals surface area contributed by atoms with Gasteiger partial charge in [-0.3, -0.25) is 4.79 Å². The molecule has 2 aromatic rings. The highest BCUT2D eigenvalue weighted by Crippen LogP contribution is 2.29. The van der Waals surface area contributed by atoms with E-state index in [-0.39, 0.29) is 16.2 Å². The van der Waals surface area contributed by atoms with Crippen LogP contribution in [0.4, 0.5) is 5.69 Å². The highest BCUT2D eigenvalue weighted by molar-refractivity contribution is 7.89. The van der Waals surface area contributed by atoms with Crippen LogP contribution in [-0.4, -0.2) is 38.3 Å². The molecule has 1 N–H and O–H groups in total. The Kier molecular flexibility index (Phi) is 6.53. The number of rotatable bonds is 5. The van der Waals surface area contributed by atoms with Crippen molar-refractivity contribution in [1.82, 2.24) is 4.31 Å². The lowest BCUT2D eigenvalue weighted by Crippen LogP contribution is -2.49. The van der Waals surface area contributed by atoms with Gasteiger partial charge in [-0.2, -0.15) is 4.31 Å². The van der Waals surface area contributed by atoms with Crippen LogP contribution in [-0.2, 0) is 20.2 Å². The zero-order valence-electron chi connectivity index (χ0n) is 18.0. The molecule has 1 aliphatic rings. The number of hydrogen-bond acceptors (Lipinski definition) is 4. The van der Waals surface area contributed by atoms with Crippen molar-refractivity contribution in [2.24, 2.45) is 0 Å². The SMILES string of the molecule is COc1ccc(NC(=O)[C@@H]2CCCCN2S(=O)(=O)c2ccc(C(C)(C)C)cc2)cc1. The van der Waals surface area contributed by atoms with Gasteiger partial charge < -0.3 is 10.1 Å². The van der Waals surface area contributed by atoms with Crippen LogP contribution in [0.2, 0.25) is 0 Å². The van der Waals surface area contributed by atoms with Crippen LogP contribution in [0.15, 0.2) is 53.4 Å². The van der Waals surface area contributed by atoms with E-state index in [0.29, 0.717) is 24.4 Å². The van der Waals surface area contributed by atoms with E-state index in [0.717, 1.165) is 18.4 Å². The maximum absolute atomic E-state index is 13.3. The van der Waals surface area contributed by atoms with Crippen LogP contribution in [0.3, 0.4) is 0 Å². The first-order chi connectivity index (χ1) is 14.1. The highest BCUT2D eigenvalue weighted by Gasteiger charge is 2.37. The lowest BCUT2D eigenvalue weighted by Gasteiger charge is -2.33. The molecule has 1 heterocycles. The van der Waals surface area contributed by atoms with E-state index in [1.807, 2.05) is 12.1 Å². The maximum atomic E-state index is 13.3. The minimum absolute atomic E-state index is 0.0613. The molecule has 162 valence electrons. The molecular formula is C23H30N2O4S. The summed E-state index contributed by atoms with van der Waals surface area (Å²) in [5, 5.41) is 2.84. The average Bonchev–Trinajstić information content (AvgIpc) is 2.73. The van der Waals surface area contributed by atoms with E-state index in [1.165, 1.54) is 4.31 Å². The minimum atomic E-state index is -3.77. The van der Waals surface area contributed by atoms with Crippen molar-refractivity contribution in [3.8, 4) is 5.75 Å². The van der Waals surface area contributed by atoms with Crippen LogP contribution in [0.5, 0.6) is 5.75 Å². The summed E-state index contributed by atoms with van der Waals surface area (Å²) >= 11 is 0. The summed E-state index contributed by atoms with van der Waals surface area (Å²) in [7, 11) is -2.19. The second-order valence-electron chi connectivity index (χ2n) is 8.62. The number of ether oxygens (including phenoxy) is 1. The minimum Gasteiger partial charge on any atom is -0.497 e. The largest absolute Gasteiger partial charge is 0.497 e. The van der Waals surface area contributed by atoms with Crippen molar-refractivity contribution in [2.75, 3.05) is 19.0 Å². The normalized spacial score (nSPS) is 18.1. The Morgan fingerprint density at radius 2 is 1.67 bits per heavy atom. The van der Waals surface area contributed by atoms with Gasteiger partial charge in [-0.25, -0.2) is 8.42 Å². The van der Waals surface area contributed by atoms with Crippen molar-refractivity contribution in [1.29, 1.82) is 0 Å². The maximum Gasteiger partial charge on any atom is 0.243 e. The molecule has 6 nitrogen and oxygen atoms in total. The number of anilines is 1. The molecule has 1 aliphatic heterocycles. The fraction of sp³-hybridized carbons (Fsp3) is 0.435. The summed E-state index contributed by atoms with van der Waals surface area (Å²) in [4.78, 5) is 13.2. The Hall–Kier alpha value is -2.38. The summed E-state index contributed by atoms with van der Waals surface area (Å²) < 4.78 is 33.1. The number of carbonyl (C=O) groups excluding carboxylic acids is 1. The number of carbonyl (C=O) groups is 1. The monoisotopic (exact) mass is 430 g/mol. The summed E-state index contributed by atoms with van der Waals surface area (Å²) in [5.74, 6) is 0.378. The molecule has 0 saturated carbocycles. The van der Waals surface area contributed by atoms with Gasteiger partial charge in [0.2, 0.25) is 15.9 Å². The smallest absolute Gasteiger partial charge is 0.243 e. The Balaban J connectivity index is 1.82. The molecule has 0 aliphatic carbocycles. The van der Waals surface area contributed by atoms with E-state index >= 15 is 0 Å². The van der Waals surface area contributed by atoms with Gasteiger partial charge in [0, 0.05) is 12.2 Å². The number of benzene rings is 2. The number of nitrogens with zero attached hydrogens (tertiary/aromatic N) is 1. The predicted octanol–water partition coefficient (Wildman–Crippen LogP) is 4.17. The van der Waals surface area contributed by atoms with Gasteiger partial charge in [0.25, 0.3) is 0 Å². The van der Waals surface area contributed by atoms with Crippen molar-refractivity contribution in [3.63, 3.8) is 0 Å². The topological polar surface area (TPSA) is 75.7 Å². The molecule has 0 unspecified atom stereocenters. The lowest BCUT2D eigenvalue weighted by atomic mass is 9.87. The number of amides is 1. The van der Waals surface area contributed by atoms with Crippen LogP contribution in [0, 0.1) is 0 Å². The highest BCUT2D eigenvalue weighted by atomic mass is 32.2. The van der Waals surface area contributed by atoms with Gasteiger partial charge in [-0.05, 0) is 60.2 Å². The fourth-order valence-corrected chi connectivity index (χ4v) is 5.27. The molecule has 2 aromatic carbocycles. The molecule has 1 saturated heterocycles. The molecule has 0 bridgehead atoms. The molecule has 7 heteroatoms. The third kappa shape index (κ3) is 4.84. The van der Waals surface area contributed by atoms with Gasteiger partial charge in [0.1, 0.15) is 11.8 Å². The first-order valence-electron chi connectivity index (χ1n) is 10.2. The molecule has 0 aromatic heterocycles. The van der Waals surface area contributed by atoms with E-state index in [9.17, 15) is 13.2 Å². The van der Waals surface area contributed by atoms with Gasteiger partial charge in [-0.1, -0.05) is 39.3 Å². The van der Waals surface area contributed by atoms with E-state index < -0.39 is 16.1 Å². The third-order valence-corrected chi connectivity index (χ3v) is 7.36. The van der Waals surface area contributed by atoms with Crippen molar-refractivity contribution >= 4 is 21.6 Å². The van der Waals surface area contributed by atoms with E-state index in [4.69, 9.17) is 4.74 Å². The molecule has 1 atom stereocenters. The summed E-state index contributed by atoms with van der Waals surface area (Å²) in [6.45, 7) is 6.59. The summed E-state index contributed by atoms with van der Waals surface area (Å²) in [6.07, 6.45) is 2.06. The second kappa shape index (κ2) is 8.78. The van der Waals surface area contributed by atoms with Gasteiger partial charge >= 0.3 is 0 Å². The first kappa shape index (κ1) is 22.3. The Morgan fingerprint density at radius 3 is 2.23 bits per heavy atom. The van der Waals surface area contributed by atoms with Gasteiger partial charge in [0.15, 0.2) is 0 Å². The molecule has 1 fully saturated rings. The first-order valence-corrected chi connectivity index (χ1v) is 11.6. The van der Waals surface area contributed by atoms with E-state index in [2.05, 4.69) is 26.1 Å². The average molecular weight is 431 g/mol. The molecular weight excluding hydrogens is 400 g/mol. The standard InChI is InChI=1S/C23H30N2O4S/c1-23(2,3)17-8-14-20(15-9-17)30(27,28)25-16-6-5-7-21(25)22(26)24-18-10-12-19(29-4)13-11-18/h8-15,21H,5-7,16H2,1-4H3,(H,24,26)/t21-/m0/s1. The van der Waals surface area contributed by atoms with Crippen LogP contribution in [0.1, 0.15) is 45.6 Å². The number of methoxy groups -OCH3 is 1. The van der Waals surface area contributed by atoms with Crippen molar-refractivity contribution in [3.05, 3.63) is 54.1 Å². The van der Waals surface area contributed by atoms with Crippen LogP contribution >= 0.6 is 0 Å². The van der Waals surface area contributed by atoms with Gasteiger partial charge in [0.05, 0.1) is 12.0 Å². The fourth-order valence-electron chi connectivity index (χ4n) is 3.62. The predicted molar refractivity (Wildman–Crippen MR) is 118 cm³/mol. The zero-order chi connectivity index (χ0) is 21.9. The van der Waals surface area contributed by atoms with Crippen molar-refractivity contribution in [2.45, 2.75) is 56.4 Å². The van der Waals surface area contributed by atoms with Gasteiger partial charge in [-0.15, -0.1) is 0 Å². The van der Waals surface area contributed by atoms with Crippen LogP contribution in [0.25, 0.3) is 0 Å². The third-order valence-electron chi connectivity index (χ3n) is 5.44. The summed E-state index contributed by atoms with van der Waals surface area (Å²) in [5.41, 5.74) is 1.61. The number of sulfonamides is 1. The van der Waals surface area contributed by atoms with E-state index in [1.54, 1.807) is 43.5 Å². The molecule has 30 heavy (non-hydrogen) atoms. The quantitative estimate of drug-likeness (QED) is 0.772. The molecule has 1 amide bonds. The molecule has 3 rings (SSSR count). The van der Waals surface area contributed by atoms with Crippen molar-refractivity contribution < 1.29 is 17.9 Å². The Morgan fingerprint density at radius 1 is 1.03 bits per heavy atom. The lowest BCUT2D eigenvalue weighted by molar-refractivity contribution is -0.120. The zero-order valence-corrected chi connectivity index (χ0v) is 18.8. The molecule has 0 spiro atoms. The molecule has 0 radical (unpaired) electrons. The number of hydrogen-bond donors (Lipinski definition) is 1. The summed E-state index contributed by atoms with van der Waals surface area (Å²) in [6, 6.07) is 13.2. The number of piperidine rings is 1. The Bertz CT molecular complexity index is 977. The van der Waals surface area contributed by atoms with Crippen LogP contribution < -0.4 is 10.1 Å². The number of nitrogens with one attached hydrogen (secondary N) is 1. The second-order valence-corrected chi connectivity index (χ2v) is 10.5. The Labute approximate surface area is 179 Å².